The summed E-state index contributed by atoms with van der Waals surface area (Å²) in [4.78, 5) is 25.6. The molecule has 2 aromatic rings. The van der Waals surface area contributed by atoms with Gasteiger partial charge in [-0.1, -0.05) is 35.9 Å². The van der Waals surface area contributed by atoms with E-state index in [-0.39, 0.29) is 36.7 Å². The molecule has 3 aliphatic rings. The lowest BCUT2D eigenvalue weighted by molar-refractivity contribution is -0.122. The largest absolute Gasteiger partial charge is 0.454 e. The number of Topliss-reactive ketones (excluding diaryl/α,β-unsaturated/α-hetero) is 1. The molecule has 0 bridgehead atoms. The zero-order valence-electron chi connectivity index (χ0n) is 15.7. The fourth-order valence-corrected chi connectivity index (χ4v) is 4.45. The van der Waals surface area contributed by atoms with Crippen LogP contribution in [0.4, 0.5) is 0 Å². The molecule has 0 saturated carbocycles. The molecule has 0 fully saturated rings. The number of aryl methyl sites for hydroxylation is 1. The number of ether oxygens (including phenoxy) is 2. The average molecular weight is 375 g/mol. The van der Waals surface area contributed by atoms with Crippen LogP contribution >= 0.6 is 0 Å². The molecule has 0 saturated heterocycles. The van der Waals surface area contributed by atoms with E-state index in [0.29, 0.717) is 24.3 Å². The van der Waals surface area contributed by atoms with Crippen LogP contribution in [0, 0.1) is 6.92 Å². The van der Waals surface area contributed by atoms with E-state index in [1.807, 2.05) is 25.1 Å². The summed E-state index contributed by atoms with van der Waals surface area (Å²) in [5, 5.41) is 2.98. The van der Waals surface area contributed by atoms with Crippen LogP contribution in [0.15, 0.2) is 53.7 Å². The highest BCUT2D eigenvalue weighted by Crippen LogP contribution is 2.44. The van der Waals surface area contributed by atoms with Crippen molar-refractivity contribution < 1.29 is 19.1 Å². The van der Waals surface area contributed by atoms with E-state index in [9.17, 15) is 9.59 Å². The predicted molar refractivity (Wildman–Crippen MR) is 103 cm³/mol. The molecule has 2 aromatic carbocycles. The summed E-state index contributed by atoms with van der Waals surface area (Å²) in [5.74, 6) is 1.32. The molecular weight excluding hydrogens is 354 g/mol. The number of amides is 1. The Hall–Kier alpha value is -3.08. The maximum Gasteiger partial charge on any atom is 0.231 e. The topological polar surface area (TPSA) is 64.6 Å². The lowest BCUT2D eigenvalue weighted by Crippen LogP contribution is -2.38. The van der Waals surface area contributed by atoms with E-state index < -0.39 is 0 Å². The van der Waals surface area contributed by atoms with Crippen molar-refractivity contribution in [2.75, 3.05) is 6.79 Å². The van der Waals surface area contributed by atoms with Gasteiger partial charge in [-0.15, -0.1) is 0 Å². The minimum Gasteiger partial charge on any atom is -0.454 e. The van der Waals surface area contributed by atoms with Crippen LogP contribution in [0.1, 0.15) is 47.8 Å². The number of hydrogen-bond acceptors (Lipinski definition) is 4. The molecule has 0 spiro atoms. The molecule has 1 N–H and O–H groups in total. The van der Waals surface area contributed by atoms with E-state index in [1.165, 1.54) is 5.56 Å². The molecule has 1 amide bonds. The number of hydrogen-bond donors (Lipinski definition) is 1. The maximum absolute atomic E-state index is 13.1. The standard InChI is InChI=1S/C23H21NO4/c1-13-2-4-14(5-3-13)16-8-18-23(19(25)9-16)17(11-22(26)24-18)15-6-7-20-21(10-15)28-12-27-20/h2-7,10,16-17H,8-9,11-12H2,1H3,(H,24,26). The summed E-state index contributed by atoms with van der Waals surface area (Å²) in [6.45, 7) is 2.25. The Labute approximate surface area is 163 Å². The van der Waals surface area contributed by atoms with Crippen LogP contribution < -0.4 is 14.8 Å². The molecular formula is C23H21NO4. The quantitative estimate of drug-likeness (QED) is 0.869. The highest BCUT2D eigenvalue weighted by molar-refractivity contribution is 6.02. The highest BCUT2D eigenvalue weighted by Gasteiger charge is 2.38. The van der Waals surface area contributed by atoms with Crippen LogP contribution in [0.5, 0.6) is 11.5 Å². The summed E-state index contributed by atoms with van der Waals surface area (Å²) in [5.41, 5.74) is 4.79. The Morgan fingerprint density at radius 2 is 1.64 bits per heavy atom. The van der Waals surface area contributed by atoms with Gasteiger partial charge < -0.3 is 14.8 Å². The first-order chi connectivity index (χ1) is 13.6. The molecule has 0 aromatic heterocycles. The minimum atomic E-state index is -0.232. The van der Waals surface area contributed by atoms with E-state index in [2.05, 4.69) is 29.6 Å². The first-order valence-electron chi connectivity index (χ1n) is 9.60. The Balaban J connectivity index is 1.51. The van der Waals surface area contributed by atoms with Crippen molar-refractivity contribution in [1.82, 2.24) is 5.32 Å². The maximum atomic E-state index is 13.1. The van der Waals surface area contributed by atoms with Gasteiger partial charge in [0.1, 0.15) is 0 Å². The second-order valence-corrected chi connectivity index (χ2v) is 7.75. The number of benzene rings is 2. The van der Waals surface area contributed by atoms with Crippen molar-refractivity contribution >= 4 is 11.7 Å². The second kappa shape index (κ2) is 6.51. The van der Waals surface area contributed by atoms with Crippen molar-refractivity contribution in [3.63, 3.8) is 0 Å². The number of nitrogens with one attached hydrogen (secondary N) is 1. The summed E-state index contributed by atoms with van der Waals surface area (Å²) in [7, 11) is 0. The van der Waals surface area contributed by atoms with Gasteiger partial charge in [-0.2, -0.15) is 0 Å². The summed E-state index contributed by atoms with van der Waals surface area (Å²) in [6.07, 6.45) is 1.43. The number of rotatable bonds is 2. The van der Waals surface area contributed by atoms with Gasteiger partial charge in [-0.3, -0.25) is 9.59 Å². The zero-order valence-corrected chi connectivity index (χ0v) is 15.7. The van der Waals surface area contributed by atoms with Crippen LogP contribution in [-0.4, -0.2) is 18.5 Å². The van der Waals surface area contributed by atoms with Gasteiger partial charge in [0.25, 0.3) is 0 Å². The average Bonchev–Trinajstić information content (AvgIpc) is 3.15. The molecule has 2 aliphatic heterocycles. The summed E-state index contributed by atoms with van der Waals surface area (Å²) < 4.78 is 10.9. The van der Waals surface area contributed by atoms with Gasteiger partial charge in [-0.25, -0.2) is 0 Å². The number of carbonyl (C=O) groups excluding carboxylic acids is 2. The number of ketones is 1. The fraction of sp³-hybridized carbons (Fsp3) is 0.304. The van der Waals surface area contributed by atoms with E-state index in [1.54, 1.807) is 0 Å². The van der Waals surface area contributed by atoms with E-state index >= 15 is 0 Å². The van der Waals surface area contributed by atoms with Crippen molar-refractivity contribution in [2.45, 2.75) is 38.0 Å². The van der Waals surface area contributed by atoms with Gasteiger partial charge in [0.2, 0.25) is 12.7 Å². The third-order valence-electron chi connectivity index (χ3n) is 5.88. The molecule has 0 radical (unpaired) electrons. The molecule has 2 atom stereocenters. The Kier molecular flexibility index (Phi) is 3.97. The van der Waals surface area contributed by atoms with Crippen molar-refractivity contribution in [3.8, 4) is 11.5 Å². The third-order valence-corrected chi connectivity index (χ3v) is 5.88. The highest BCUT2D eigenvalue weighted by atomic mass is 16.7. The minimum absolute atomic E-state index is 0.0428. The van der Waals surface area contributed by atoms with Gasteiger partial charge in [-0.05, 0) is 42.5 Å². The third kappa shape index (κ3) is 2.87. The number of fused-ring (bicyclic) bond motifs is 1. The molecule has 5 nitrogen and oxygen atoms in total. The van der Waals surface area contributed by atoms with Gasteiger partial charge in [0.15, 0.2) is 17.3 Å². The summed E-state index contributed by atoms with van der Waals surface area (Å²) in [6, 6.07) is 14.0. The Morgan fingerprint density at radius 3 is 2.46 bits per heavy atom. The SMILES string of the molecule is Cc1ccc(C2CC(=O)C3=C(C2)NC(=O)CC3c2ccc3c(c2)OCO3)cc1. The molecule has 28 heavy (non-hydrogen) atoms. The number of carbonyl (C=O) groups is 2. The molecule has 2 unspecified atom stereocenters. The van der Waals surface area contributed by atoms with Gasteiger partial charge in [0.05, 0.1) is 0 Å². The first kappa shape index (κ1) is 17.0. The lowest BCUT2D eigenvalue weighted by Gasteiger charge is -2.34. The molecule has 2 heterocycles. The van der Waals surface area contributed by atoms with E-state index in [0.717, 1.165) is 22.4 Å². The van der Waals surface area contributed by atoms with Crippen LogP contribution in [0.2, 0.25) is 0 Å². The summed E-state index contributed by atoms with van der Waals surface area (Å²) >= 11 is 0. The van der Waals surface area contributed by atoms with Crippen molar-refractivity contribution in [2.24, 2.45) is 0 Å². The molecule has 142 valence electrons. The van der Waals surface area contributed by atoms with Crippen LogP contribution in [-0.2, 0) is 9.59 Å². The van der Waals surface area contributed by atoms with Gasteiger partial charge >= 0.3 is 0 Å². The fourth-order valence-electron chi connectivity index (χ4n) is 4.45. The molecule has 1 aliphatic carbocycles. The van der Waals surface area contributed by atoms with Crippen molar-refractivity contribution in [3.05, 3.63) is 70.4 Å². The normalized spacial score (nSPS) is 23.5. The van der Waals surface area contributed by atoms with Crippen LogP contribution in [0.3, 0.4) is 0 Å². The monoisotopic (exact) mass is 375 g/mol. The van der Waals surface area contributed by atoms with E-state index in [4.69, 9.17) is 9.47 Å². The smallest absolute Gasteiger partial charge is 0.231 e. The second-order valence-electron chi connectivity index (χ2n) is 7.75. The predicted octanol–water partition coefficient (Wildman–Crippen LogP) is 3.73. The number of allylic oxidation sites excluding steroid dienone is 2. The zero-order chi connectivity index (χ0) is 19.3. The lowest BCUT2D eigenvalue weighted by atomic mass is 9.73. The molecule has 5 rings (SSSR count). The first-order valence-corrected chi connectivity index (χ1v) is 9.60. The van der Waals surface area contributed by atoms with Crippen molar-refractivity contribution in [1.29, 1.82) is 0 Å². The van der Waals surface area contributed by atoms with Crippen LogP contribution in [0.25, 0.3) is 0 Å². The molecule has 5 heteroatoms. The Morgan fingerprint density at radius 1 is 0.893 bits per heavy atom. The Bertz CT molecular complexity index is 1010. The van der Waals surface area contributed by atoms with Gasteiger partial charge in [0, 0.05) is 30.0 Å².